The third-order valence-electron chi connectivity index (χ3n) is 4.99. The van der Waals surface area contributed by atoms with E-state index in [1.54, 1.807) is 42.5 Å². The van der Waals surface area contributed by atoms with Crippen molar-refractivity contribution in [2.24, 2.45) is 0 Å². The number of para-hydroxylation sites is 1. The second-order valence-corrected chi connectivity index (χ2v) is 9.41. The van der Waals surface area contributed by atoms with Gasteiger partial charge in [-0.3, -0.25) is 9.10 Å². The molecule has 33 heavy (non-hydrogen) atoms. The Morgan fingerprint density at radius 1 is 1.06 bits per heavy atom. The number of nitrogens with zero attached hydrogens (tertiary/aromatic N) is 1. The van der Waals surface area contributed by atoms with Crippen LogP contribution in [-0.4, -0.2) is 27.7 Å². The third-order valence-corrected chi connectivity index (χ3v) is 7.27. The molecule has 3 aromatic carbocycles. The van der Waals surface area contributed by atoms with E-state index < -0.39 is 15.9 Å². The van der Waals surface area contributed by atoms with E-state index in [0.29, 0.717) is 17.2 Å². The predicted octanol–water partition coefficient (Wildman–Crippen LogP) is 4.38. The highest BCUT2D eigenvalue weighted by Crippen LogP contribution is 2.33. The van der Waals surface area contributed by atoms with Crippen LogP contribution in [0, 0.1) is 0 Å². The number of hydrogen-bond donors (Lipinski definition) is 1. The third kappa shape index (κ3) is 4.81. The molecule has 0 bridgehead atoms. The summed E-state index contributed by atoms with van der Waals surface area (Å²) in [5, 5.41) is 2.81. The molecule has 0 radical (unpaired) electrons. The van der Waals surface area contributed by atoms with Gasteiger partial charge in [0.1, 0.15) is 4.90 Å². The van der Waals surface area contributed by atoms with Gasteiger partial charge in [0.05, 0.1) is 17.3 Å². The van der Waals surface area contributed by atoms with Crippen LogP contribution in [0.25, 0.3) is 0 Å². The van der Waals surface area contributed by atoms with Crippen LogP contribution in [-0.2, 0) is 16.6 Å². The van der Waals surface area contributed by atoms with Crippen molar-refractivity contribution in [1.82, 2.24) is 5.32 Å². The maximum Gasteiger partial charge on any atom is 0.266 e. The van der Waals surface area contributed by atoms with Gasteiger partial charge >= 0.3 is 0 Å². The Kier molecular flexibility index (Phi) is 6.57. The molecule has 0 unspecified atom stereocenters. The highest BCUT2D eigenvalue weighted by atomic mass is 35.5. The molecule has 0 saturated carbocycles. The van der Waals surface area contributed by atoms with Gasteiger partial charge in [-0.2, -0.15) is 0 Å². The number of hydrogen-bond acceptors (Lipinski definition) is 5. The van der Waals surface area contributed by atoms with Gasteiger partial charge in [0, 0.05) is 12.1 Å². The van der Waals surface area contributed by atoms with Gasteiger partial charge in [0.25, 0.3) is 15.9 Å². The Bertz CT molecular complexity index is 1300. The molecule has 1 aliphatic heterocycles. The van der Waals surface area contributed by atoms with Crippen LogP contribution in [0.4, 0.5) is 5.69 Å². The summed E-state index contributed by atoms with van der Waals surface area (Å²) in [5.74, 6) is 0.834. The smallest absolute Gasteiger partial charge is 0.266 e. The van der Waals surface area contributed by atoms with Crippen LogP contribution >= 0.6 is 11.6 Å². The van der Waals surface area contributed by atoms with Crippen LogP contribution in [0.2, 0.25) is 5.02 Å². The molecule has 3 aromatic rings. The molecule has 1 aliphatic rings. The fraction of sp³-hybridized carbons (Fsp3) is 0.125. The van der Waals surface area contributed by atoms with E-state index in [2.05, 4.69) is 11.9 Å². The van der Waals surface area contributed by atoms with Gasteiger partial charge < -0.3 is 14.8 Å². The number of nitrogens with one attached hydrogen (secondary N) is 1. The van der Waals surface area contributed by atoms with Crippen LogP contribution in [0.1, 0.15) is 15.9 Å². The summed E-state index contributed by atoms with van der Waals surface area (Å²) in [6.45, 7) is 4.10. The van der Waals surface area contributed by atoms with E-state index in [1.165, 1.54) is 28.6 Å². The number of halogens is 1. The van der Waals surface area contributed by atoms with E-state index in [4.69, 9.17) is 21.1 Å². The summed E-state index contributed by atoms with van der Waals surface area (Å²) in [6.07, 6.45) is 1.49. The van der Waals surface area contributed by atoms with E-state index in [1.807, 2.05) is 6.07 Å². The van der Waals surface area contributed by atoms with Crippen LogP contribution in [0.15, 0.2) is 84.3 Å². The summed E-state index contributed by atoms with van der Waals surface area (Å²) < 4.78 is 38.7. The average molecular weight is 485 g/mol. The maximum atomic E-state index is 13.4. The molecule has 4 rings (SSSR count). The standard InChI is InChI=1S/C24H21ClN2O5S/c1-2-12-27(19-6-4-3-5-7-19)33(29,30)23-14-18(9-10-20(23)25)24(28)26-15-17-8-11-21-22(13-17)32-16-31-21/h2-11,13-14H,1,12,15-16H2,(H,26,28). The van der Waals surface area contributed by atoms with Gasteiger partial charge in [0.2, 0.25) is 6.79 Å². The van der Waals surface area contributed by atoms with Crippen molar-refractivity contribution in [3.8, 4) is 11.5 Å². The summed E-state index contributed by atoms with van der Waals surface area (Å²) in [5.41, 5.74) is 1.45. The first kappa shape index (κ1) is 22.7. The molecule has 0 aromatic heterocycles. The Balaban J connectivity index is 1.57. The van der Waals surface area contributed by atoms with E-state index in [9.17, 15) is 13.2 Å². The number of sulfonamides is 1. The molecule has 0 atom stereocenters. The van der Waals surface area contributed by atoms with Crippen molar-refractivity contribution >= 4 is 33.2 Å². The fourth-order valence-electron chi connectivity index (χ4n) is 3.35. The van der Waals surface area contributed by atoms with Gasteiger partial charge in [-0.25, -0.2) is 8.42 Å². The zero-order valence-electron chi connectivity index (χ0n) is 17.5. The van der Waals surface area contributed by atoms with Gasteiger partial charge in [-0.05, 0) is 48.0 Å². The lowest BCUT2D eigenvalue weighted by atomic mass is 10.1. The number of ether oxygens (including phenoxy) is 2. The lowest BCUT2D eigenvalue weighted by molar-refractivity contribution is 0.0950. The summed E-state index contributed by atoms with van der Waals surface area (Å²) in [7, 11) is -4.06. The number of fused-ring (bicyclic) bond motifs is 1. The van der Waals surface area contributed by atoms with Crippen LogP contribution < -0.4 is 19.1 Å². The van der Waals surface area contributed by atoms with Gasteiger partial charge in [-0.1, -0.05) is 41.9 Å². The molecular weight excluding hydrogens is 464 g/mol. The summed E-state index contributed by atoms with van der Waals surface area (Å²) >= 11 is 6.26. The summed E-state index contributed by atoms with van der Waals surface area (Å²) in [4.78, 5) is 12.6. The quantitative estimate of drug-likeness (QED) is 0.479. The lowest BCUT2D eigenvalue weighted by Crippen LogP contribution is -2.31. The highest BCUT2D eigenvalue weighted by molar-refractivity contribution is 7.93. The number of benzene rings is 3. The first-order chi connectivity index (χ1) is 15.9. The number of carbonyl (C=O) groups is 1. The minimum absolute atomic E-state index is 0.0207. The Labute approximate surface area is 197 Å². The van der Waals surface area contributed by atoms with Crippen molar-refractivity contribution in [2.75, 3.05) is 17.6 Å². The van der Waals surface area contributed by atoms with E-state index in [-0.39, 0.29) is 35.4 Å². The van der Waals surface area contributed by atoms with Crippen molar-refractivity contribution in [2.45, 2.75) is 11.4 Å². The first-order valence-electron chi connectivity index (χ1n) is 10.0. The number of amides is 1. The van der Waals surface area contributed by atoms with E-state index >= 15 is 0 Å². The maximum absolute atomic E-state index is 13.4. The monoisotopic (exact) mass is 484 g/mol. The zero-order chi connectivity index (χ0) is 23.4. The molecule has 170 valence electrons. The zero-order valence-corrected chi connectivity index (χ0v) is 19.1. The van der Waals surface area contributed by atoms with Gasteiger partial charge in [0.15, 0.2) is 11.5 Å². The van der Waals surface area contributed by atoms with Crippen LogP contribution in [0.5, 0.6) is 11.5 Å². The predicted molar refractivity (Wildman–Crippen MR) is 126 cm³/mol. The fourth-order valence-corrected chi connectivity index (χ4v) is 5.29. The molecule has 7 nitrogen and oxygen atoms in total. The molecule has 1 heterocycles. The van der Waals surface area contributed by atoms with E-state index in [0.717, 1.165) is 5.56 Å². The second kappa shape index (κ2) is 9.56. The molecule has 9 heteroatoms. The molecule has 0 aliphatic carbocycles. The minimum atomic E-state index is -4.06. The Hall–Kier alpha value is -3.49. The largest absolute Gasteiger partial charge is 0.454 e. The molecule has 1 N–H and O–H groups in total. The number of rotatable bonds is 8. The lowest BCUT2D eigenvalue weighted by Gasteiger charge is -2.24. The summed E-state index contributed by atoms with van der Waals surface area (Å²) in [6, 6.07) is 18.2. The Morgan fingerprint density at radius 2 is 1.82 bits per heavy atom. The van der Waals surface area contributed by atoms with Crippen molar-refractivity contribution < 1.29 is 22.7 Å². The van der Waals surface area contributed by atoms with Crippen molar-refractivity contribution in [1.29, 1.82) is 0 Å². The van der Waals surface area contributed by atoms with Crippen molar-refractivity contribution in [3.63, 3.8) is 0 Å². The number of carbonyl (C=O) groups excluding carboxylic acids is 1. The second-order valence-electron chi connectivity index (χ2n) is 7.18. The minimum Gasteiger partial charge on any atom is -0.454 e. The highest BCUT2D eigenvalue weighted by Gasteiger charge is 2.27. The average Bonchev–Trinajstić information content (AvgIpc) is 3.29. The van der Waals surface area contributed by atoms with Crippen molar-refractivity contribution in [3.05, 3.63) is 95.5 Å². The normalized spacial score (nSPS) is 12.3. The molecule has 1 amide bonds. The Morgan fingerprint density at radius 3 is 2.58 bits per heavy atom. The topological polar surface area (TPSA) is 84.9 Å². The molecule has 0 saturated heterocycles. The van der Waals surface area contributed by atoms with Gasteiger partial charge in [-0.15, -0.1) is 6.58 Å². The van der Waals surface area contributed by atoms with Crippen LogP contribution in [0.3, 0.4) is 0 Å². The first-order valence-corrected chi connectivity index (χ1v) is 11.9. The molecule has 0 spiro atoms. The molecule has 0 fully saturated rings. The molecular formula is C24H21ClN2O5S. The number of anilines is 1. The SMILES string of the molecule is C=CCN(c1ccccc1)S(=O)(=O)c1cc(C(=O)NCc2ccc3c(c2)OCO3)ccc1Cl.